The van der Waals surface area contributed by atoms with E-state index in [9.17, 15) is 4.79 Å². The van der Waals surface area contributed by atoms with Crippen LogP contribution in [0.3, 0.4) is 0 Å². The third kappa shape index (κ3) is 2.39. The van der Waals surface area contributed by atoms with Gasteiger partial charge in [0, 0.05) is 29.0 Å². The number of hydrogen-bond donors (Lipinski definition) is 1. The van der Waals surface area contributed by atoms with E-state index in [0.717, 1.165) is 17.0 Å². The van der Waals surface area contributed by atoms with Gasteiger partial charge in [0.2, 0.25) is 0 Å². The summed E-state index contributed by atoms with van der Waals surface area (Å²) in [5.41, 5.74) is 2.53. The van der Waals surface area contributed by atoms with Crippen LogP contribution in [0.5, 0.6) is 5.75 Å². The molecule has 1 aromatic heterocycles. The van der Waals surface area contributed by atoms with E-state index in [0.29, 0.717) is 30.3 Å². The first kappa shape index (κ1) is 13.1. The average molecular weight is 291 g/mol. The molecule has 1 aromatic carbocycles. The van der Waals surface area contributed by atoms with Crippen molar-refractivity contribution in [2.75, 3.05) is 13.2 Å². The summed E-state index contributed by atoms with van der Waals surface area (Å²) < 4.78 is 5.67. The molecule has 0 atom stereocenters. The molecule has 1 amide bonds. The zero-order chi connectivity index (χ0) is 14.1. The number of fused-ring (bicyclic) bond motifs is 1. The van der Waals surface area contributed by atoms with E-state index < -0.39 is 0 Å². The Morgan fingerprint density at radius 3 is 3.00 bits per heavy atom. The van der Waals surface area contributed by atoms with E-state index in [1.165, 1.54) is 0 Å². The van der Waals surface area contributed by atoms with Crippen molar-refractivity contribution in [1.29, 1.82) is 0 Å². The number of nitrogens with one attached hydrogen (secondary N) is 1. The van der Waals surface area contributed by atoms with Gasteiger partial charge < -0.3 is 14.6 Å². The van der Waals surface area contributed by atoms with Crippen LogP contribution in [-0.2, 0) is 6.54 Å². The number of ether oxygens (including phenoxy) is 1. The lowest BCUT2D eigenvalue weighted by Gasteiger charge is -2.19. The number of nitrogens with zero attached hydrogens (tertiary/aromatic N) is 1. The Kier molecular flexibility index (Phi) is 3.40. The lowest BCUT2D eigenvalue weighted by molar-refractivity contribution is 0.0732. The molecule has 2 heterocycles. The second-order valence-corrected chi connectivity index (χ2v) is 5.28. The van der Waals surface area contributed by atoms with Crippen molar-refractivity contribution in [1.82, 2.24) is 9.88 Å². The van der Waals surface area contributed by atoms with Gasteiger partial charge in [-0.05, 0) is 31.2 Å². The molecule has 3 rings (SSSR count). The predicted octanol–water partition coefficient (Wildman–Crippen LogP) is 3.01. The van der Waals surface area contributed by atoms with E-state index in [2.05, 4.69) is 4.98 Å². The van der Waals surface area contributed by atoms with Gasteiger partial charge in [0.1, 0.15) is 12.4 Å². The minimum atomic E-state index is 0.0141. The zero-order valence-corrected chi connectivity index (χ0v) is 11.9. The summed E-state index contributed by atoms with van der Waals surface area (Å²) >= 11 is 6.02. The highest BCUT2D eigenvalue weighted by Gasteiger charge is 2.22. The monoisotopic (exact) mass is 290 g/mol. The molecule has 4 nitrogen and oxygen atoms in total. The molecule has 0 fully saturated rings. The van der Waals surface area contributed by atoms with E-state index >= 15 is 0 Å². The fraction of sp³-hybridized carbons (Fsp3) is 0.267. The zero-order valence-electron chi connectivity index (χ0n) is 11.1. The molecular formula is C15H15ClN2O2. The van der Waals surface area contributed by atoms with Crippen LogP contribution < -0.4 is 4.74 Å². The van der Waals surface area contributed by atoms with Crippen LogP contribution >= 0.6 is 11.6 Å². The molecule has 0 radical (unpaired) electrons. The number of aromatic amines is 1. The van der Waals surface area contributed by atoms with Crippen LogP contribution in [0.2, 0.25) is 5.02 Å². The summed E-state index contributed by atoms with van der Waals surface area (Å²) in [7, 11) is 0. The number of aromatic nitrogens is 1. The van der Waals surface area contributed by atoms with Gasteiger partial charge in [0.25, 0.3) is 5.91 Å². The molecule has 0 unspecified atom stereocenters. The summed E-state index contributed by atoms with van der Waals surface area (Å²) in [4.78, 5) is 17.4. The van der Waals surface area contributed by atoms with Crippen LogP contribution in [0.4, 0.5) is 0 Å². The maximum atomic E-state index is 12.5. The number of amides is 1. The van der Waals surface area contributed by atoms with Gasteiger partial charge in [-0.2, -0.15) is 0 Å². The topological polar surface area (TPSA) is 45.3 Å². The molecule has 1 aliphatic rings. The SMILES string of the molecule is Cc1[nH]ccc1C(=O)N1CCOc2ccc(Cl)cc2C1. The van der Waals surface area contributed by atoms with Crippen LogP contribution in [0.1, 0.15) is 21.6 Å². The van der Waals surface area contributed by atoms with Crippen molar-refractivity contribution < 1.29 is 9.53 Å². The molecule has 0 saturated carbocycles. The molecule has 1 aliphatic heterocycles. The van der Waals surface area contributed by atoms with E-state index in [1.54, 1.807) is 17.2 Å². The molecule has 5 heteroatoms. The largest absolute Gasteiger partial charge is 0.491 e. The summed E-state index contributed by atoms with van der Waals surface area (Å²) in [6.07, 6.45) is 1.78. The molecule has 0 spiro atoms. The second-order valence-electron chi connectivity index (χ2n) is 4.84. The van der Waals surface area contributed by atoms with Gasteiger partial charge in [-0.15, -0.1) is 0 Å². The molecule has 0 bridgehead atoms. The number of carbonyl (C=O) groups is 1. The number of halogens is 1. The fourth-order valence-electron chi connectivity index (χ4n) is 2.39. The van der Waals surface area contributed by atoms with Gasteiger partial charge >= 0.3 is 0 Å². The molecule has 104 valence electrons. The third-order valence-corrected chi connectivity index (χ3v) is 3.71. The van der Waals surface area contributed by atoms with Crippen molar-refractivity contribution >= 4 is 17.5 Å². The third-order valence-electron chi connectivity index (χ3n) is 3.47. The van der Waals surface area contributed by atoms with E-state index in [4.69, 9.17) is 16.3 Å². The molecule has 0 aliphatic carbocycles. The normalized spacial score (nSPS) is 14.4. The van der Waals surface area contributed by atoms with Crippen LogP contribution in [0, 0.1) is 6.92 Å². The van der Waals surface area contributed by atoms with Gasteiger partial charge in [-0.3, -0.25) is 4.79 Å². The summed E-state index contributed by atoms with van der Waals surface area (Å²) in [5, 5.41) is 0.652. The molecule has 2 aromatic rings. The van der Waals surface area contributed by atoms with Gasteiger partial charge in [-0.25, -0.2) is 0 Å². The molecule has 1 N–H and O–H groups in total. The molecule has 20 heavy (non-hydrogen) atoms. The lowest BCUT2D eigenvalue weighted by atomic mass is 10.1. The maximum absolute atomic E-state index is 12.5. The minimum Gasteiger partial charge on any atom is -0.491 e. The van der Waals surface area contributed by atoms with Crippen LogP contribution in [0.15, 0.2) is 30.5 Å². The van der Waals surface area contributed by atoms with Crippen molar-refractivity contribution in [3.63, 3.8) is 0 Å². The minimum absolute atomic E-state index is 0.0141. The number of benzene rings is 1. The van der Waals surface area contributed by atoms with Crippen molar-refractivity contribution in [2.24, 2.45) is 0 Å². The van der Waals surface area contributed by atoms with Crippen LogP contribution in [0.25, 0.3) is 0 Å². The smallest absolute Gasteiger partial charge is 0.256 e. The quantitative estimate of drug-likeness (QED) is 0.877. The molecule has 0 saturated heterocycles. The Morgan fingerprint density at radius 1 is 1.40 bits per heavy atom. The maximum Gasteiger partial charge on any atom is 0.256 e. The van der Waals surface area contributed by atoms with Gasteiger partial charge in [0.05, 0.1) is 12.1 Å². The van der Waals surface area contributed by atoms with E-state index in [1.807, 2.05) is 25.1 Å². The number of carbonyl (C=O) groups excluding carboxylic acids is 1. The first-order valence-corrected chi connectivity index (χ1v) is 6.87. The highest BCUT2D eigenvalue weighted by atomic mass is 35.5. The Labute approximate surface area is 122 Å². The van der Waals surface area contributed by atoms with Crippen LogP contribution in [-0.4, -0.2) is 28.9 Å². The Balaban J connectivity index is 1.89. The lowest BCUT2D eigenvalue weighted by Crippen LogP contribution is -2.32. The highest BCUT2D eigenvalue weighted by Crippen LogP contribution is 2.27. The molecular weight excluding hydrogens is 276 g/mol. The number of rotatable bonds is 1. The predicted molar refractivity (Wildman–Crippen MR) is 77.2 cm³/mol. The van der Waals surface area contributed by atoms with Crippen molar-refractivity contribution in [2.45, 2.75) is 13.5 Å². The Bertz CT molecular complexity index is 651. The van der Waals surface area contributed by atoms with Crippen molar-refractivity contribution in [3.05, 3.63) is 52.3 Å². The summed E-state index contributed by atoms with van der Waals surface area (Å²) in [6, 6.07) is 7.32. The fourth-order valence-corrected chi connectivity index (χ4v) is 2.59. The first-order chi connectivity index (χ1) is 9.65. The first-order valence-electron chi connectivity index (χ1n) is 6.49. The Morgan fingerprint density at radius 2 is 2.25 bits per heavy atom. The standard InChI is InChI=1S/C15H15ClN2O2/c1-10-13(4-5-17-10)15(19)18-6-7-20-14-3-2-12(16)8-11(14)9-18/h2-5,8,17H,6-7,9H2,1H3. The number of hydrogen-bond acceptors (Lipinski definition) is 2. The van der Waals surface area contributed by atoms with Gasteiger partial charge in [0.15, 0.2) is 0 Å². The summed E-state index contributed by atoms with van der Waals surface area (Å²) in [6.45, 7) is 3.46. The Hall–Kier alpha value is -1.94. The van der Waals surface area contributed by atoms with E-state index in [-0.39, 0.29) is 5.91 Å². The highest BCUT2D eigenvalue weighted by molar-refractivity contribution is 6.30. The average Bonchev–Trinajstić information content (AvgIpc) is 2.73. The van der Waals surface area contributed by atoms with Crippen molar-refractivity contribution in [3.8, 4) is 5.75 Å². The summed E-state index contributed by atoms with van der Waals surface area (Å²) in [5.74, 6) is 0.815. The second kappa shape index (κ2) is 5.21. The number of aryl methyl sites for hydroxylation is 1. The van der Waals surface area contributed by atoms with Gasteiger partial charge in [-0.1, -0.05) is 11.6 Å². The number of H-pyrrole nitrogens is 1.